The summed E-state index contributed by atoms with van der Waals surface area (Å²) in [6.45, 7) is 5.81. The maximum absolute atomic E-state index is 8.90. The van der Waals surface area contributed by atoms with Gasteiger partial charge >= 0.3 is 0 Å². The largest absolute Gasteiger partial charge is 0.368 e. The number of nitrogens with zero attached hydrogens (tertiary/aromatic N) is 6. The lowest BCUT2D eigenvalue weighted by Gasteiger charge is -2.13. The minimum atomic E-state index is 0.437. The van der Waals surface area contributed by atoms with Gasteiger partial charge in [0, 0.05) is 50.5 Å². The summed E-state index contributed by atoms with van der Waals surface area (Å²) < 4.78 is 1.93. The number of aromatic nitrogens is 2. The van der Waals surface area contributed by atoms with Gasteiger partial charge in [-0.2, -0.15) is 10.4 Å². The normalized spacial score (nSPS) is 18.4. The quantitative estimate of drug-likeness (QED) is 0.396. The molecule has 1 unspecified atom stereocenters. The average Bonchev–Trinajstić information content (AvgIpc) is 3.19. The van der Waals surface area contributed by atoms with E-state index in [0.29, 0.717) is 11.8 Å². The number of amidine groups is 1. The van der Waals surface area contributed by atoms with Crippen molar-refractivity contribution in [2.24, 2.45) is 16.1 Å². The minimum absolute atomic E-state index is 0.437. The number of hydrogen-bond acceptors (Lipinski definition) is 5. The van der Waals surface area contributed by atoms with E-state index < -0.39 is 0 Å². The Balaban J connectivity index is 1.71. The number of nitriles is 1. The Kier molecular flexibility index (Phi) is 4.01. The van der Waals surface area contributed by atoms with E-state index >= 15 is 0 Å². The van der Waals surface area contributed by atoms with Gasteiger partial charge in [-0.3, -0.25) is 0 Å². The Labute approximate surface area is 128 Å². The van der Waals surface area contributed by atoms with Crippen LogP contribution in [0.2, 0.25) is 0 Å². The van der Waals surface area contributed by atoms with Crippen molar-refractivity contribution in [2.75, 3.05) is 19.6 Å². The number of pyridine rings is 1. The van der Waals surface area contributed by atoms with Gasteiger partial charge in [-0.1, -0.05) is 0 Å². The number of fused-ring (bicyclic) bond motifs is 1. The standard InChI is InChI=1S/C15H17N7/c1-17-20-15(19-8-12-4-6-21(9-12)11-16)13-2-3-14-18-5-7-22(14)10-13/h2-3,5,7,10,12H,1,4,6,8-9H2,(H,19,20). The first-order valence-corrected chi connectivity index (χ1v) is 7.15. The molecule has 1 aliphatic rings. The molecule has 1 saturated heterocycles. The summed E-state index contributed by atoms with van der Waals surface area (Å²) >= 11 is 0. The average molecular weight is 295 g/mol. The van der Waals surface area contributed by atoms with Crippen molar-refractivity contribution in [3.63, 3.8) is 0 Å². The van der Waals surface area contributed by atoms with Crippen LogP contribution in [0.4, 0.5) is 0 Å². The molecule has 112 valence electrons. The Bertz CT molecular complexity index is 740. The third-order valence-electron chi connectivity index (χ3n) is 3.82. The van der Waals surface area contributed by atoms with Gasteiger partial charge < -0.3 is 14.6 Å². The molecule has 7 nitrogen and oxygen atoms in total. The highest BCUT2D eigenvalue weighted by molar-refractivity contribution is 5.98. The zero-order valence-electron chi connectivity index (χ0n) is 12.2. The van der Waals surface area contributed by atoms with Gasteiger partial charge in [-0.05, 0) is 24.5 Å². The fourth-order valence-electron chi connectivity index (χ4n) is 2.66. The van der Waals surface area contributed by atoms with Crippen molar-refractivity contribution in [2.45, 2.75) is 6.42 Å². The van der Waals surface area contributed by atoms with Gasteiger partial charge in [-0.25, -0.2) is 4.98 Å². The Morgan fingerprint density at radius 1 is 1.55 bits per heavy atom. The SMILES string of the molecule is C=N/N=C(\NCC1CCN(C#N)C1)c1ccc2nccn2c1. The maximum atomic E-state index is 8.90. The van der Waals surface area contributed by atoms with Crippen LogP contribution in [0.25, 0.3) is 5.65 Å². The molecule has 3 heterocycles. The van der Waals surface area contributed by atoms with Gasteiger partial charge in [0.05, 0.1) is 0 Å². The highest BCUT2D eigenvalue weighted by Crippen LogP contribution is 2.14. The summed E-state index contributed by atoms with van der Waals surface area (Å²) in [5.74, 6) is 1.12. The predicted molar refractivity (Wildman–Crippen MR) is 84.6 cm³/mol. The second-order valence-electron chi connectivity index (χ2n) is 5.28. The minimum Gasteiger partial charge on any atom is -0.368 e. The van der Waals surface area contributed by atoms with Gasteiger partial charge in [0.15, 0.2) is 12.0 Å². The van der Waals surface area contributed by atoms with E-state index in [0.717, 1.165) is 37.3 Å². The van der Waals surface area contributed by atoms with Gasteiger partial charge in [0.1, 0.15) is 5.65 Å². The van der Waals surface area contributed by atoms with E-state index in [4.69, 9.17) is 5.26 Å². The molecule has 1 N–H and O–H groups in total. The molecule has 0 radical (unpaired) electrons. The molecule has 7 heteroatoms. The monoisotopic (exact) mass is 295 g/mol. The molecule has 0 amide bonds. The molecule has 0 spiro atoms. The fraction of sp³-hybridized carbons (Fsp3) is 0.333. The summed E-state index contributed by atoms with van der Waals surface area (Å²) in [5, 5.41) is 20.0. The van der Waals surface area contributed by atoms with Crippen molar-refractivity contribution in [3.8, 4) is 6.19 Å². The zero-order valence-corrected chi connectivity index (χ0v) is 12.2. The lowest BCUT2D eigenvalue weighted by molar-refractivity contribution is 0.451. The lowest BCUT2D eigenvalue weighted by Crippen LogP contribution is -2.31. The summed E-state index contributed by atoms with van der Waals surface area (Å²) in [7, 11) is 0. The van der Waals surface area contributed by atoms with Crippen LogP contribution in [0.1, 0.15) is 12.0 Å². The van der Waals surface area contributed by atoms with Crippen molar-refractivity contribution in [3.05, 3.63) is 36.3 Å². The first kappa shape index (κ1) is 14.1. The molecule has 1 aliphatic heterocycles. The van der Waals surface area contributed by atoms with Gasteiger partial charge in [0.25, 0.3) is 0 Å². The van der Waals surface area contributed by atoms with Crippen LogP contribution in [-0.4, -0.2) is 46.5 Å². The molecule has 1 atom stereocenters. The summed E-state index contributed by atoms with van der Waals surface area (Å²) in [5.41, 5.74) is 1.81. The van der Waals surface area contributed by atoms with Gasteiger partial charge in [-0.15, -0.1) is 5.10 Å². The highest BCUT2D eigenvalue weighted by Gasteiger charge is 2.21. The van der Waals surface area contributed by atoms with E-state index in [1.807, 2.05) is 28.9 Å². The van der Waals surface area contributed by atoms with E-state index in [2.05, 4.69) is 33.4 Å². The number of likely N-dealkylation sites (tertiary alicyclic amines) is 1. The highest BCUT2D eigenvalue weighted by atomic mass is 15.2. The molecular weight excluding hydrogens is 278 g/mol. The zero-order chi connectivity index (χ0) is 15.4. The van der Waals surface area contributed by atoms with Crippen LogP contribution >= 0.6 is 0 Å². The predicted octanol–water partition coefficient (Wildman–Crippen LogP) is 1.09. The molecule has 22 heavy (non-hydrogen) atoms. The van der Waals surface area contributed by atoms with Crippen LogP contribution in [0.3, 0.4) is 0 Å². The molecule has 2 aromatic heterocycles. The second kappa shape index (κ2) is 6.26. The molecule has 3 rings (SSSR count). The number of hydrogen-bond donors (Lipinski definition) is 1. The topological polar surface area (TPSA) is 81.1 Å². The van der Waals surface area contributed by atoms with Crippen LogP contribution in [-0.2, 0) is 0 Å². The first-order chi connectivity index (χ1) is 10.8. The Morgan fingerprint density at radius 2 is 2.45 bits per heavy atom. The van der Waals surface area contributed by atoms with Crippen LogP contribution in [0.5, 0.6) is 0 Å². The third kappa shape index (κ3) is 2.91. The van der Waals surface area contributed by atoms with Crippen molar-refractivity contribution in [1.82, 2.24) is 19.6 Å². The number of rotatable bonds is 4. The van der Waals surface area contributed by atoms with Crippen LogP contribution < -0.4 is 5.32 Å². The first-order valence-electron chi connectivity index (χ1n) is 7.15. The summed E-state index contributed by atoms with van der Waals surface area (Å²) in [4.78, 5) is 6.01. The molecule has 2 aromatic rings. The van der Waals surface area contributed by atoms with Crippen molar-refractivity contribution in [1.29, 1.82) is 5.26 Å². The molecule has 1 fully saturated rings. The number of imidazole rings is 1. The smallest absolute Gasteiger partial charge is 0.179 e. The van der Waals surface area contributed by atoms with E-state index in [1.165, 1.54) is 0 Å². The Hall–Kier alpha value is -2.88. The van der Waals surface area contributed by atoms with Crippen molar-refractivity contribution < 1.29 is 0 Å². The fourth-order valence-corrected chi connectivity index (χ4v) is 2.66. The van der Waals surface area contributed by atoms with Crippen LogP contribution in [0.15, 0.2) is 40.9 Å². The molecule has 0 bridgehead atoms. The molecule has 0 saturated carbocycles. The lowest BCUT2D eigenvalue weighted by atomic mass is 10.1. The van der Waals surface area contributed by atoms with Crippen molar-refractivity contribution >= 4 is 18.2 Å². The molecule has 0 aromatic carbocycles. The van der Waals surface area contributed by atoms with Gasteiger partial charge in [0.2, 0.25) is 0 Å². The maximum Gasteiger partial charge on any atom is 0.179 e. The second-order valence-corrected chi connectivity index (χ2v) is 5.28. The Morgan fingerprint density at radius 3 is 3.23 bits per heavy atom. The number of nitrogens with one attached hydrogen (secondary N) is 1. The van der Waals surface area contributed by atoms with E-state index in [9.17, 15) is 0 Å². The van der Waals surface area contributed by atoms with E-state index in [1.54, 1.807) is 11.1 Å². The summed E-state index contributed by atoms with van der Waals surface area (Å²) in [6.07, 6.45) is 8.80. The van der Waals surface area contributed by atoms with Crippen LogP contribution in [0, 0.1) is 17.4 Å². The molecule has 0 aliphatic carbocycles. The molecular formula is C15H17N7. The third-order valence-corrected chi connectivity index (χ3v) is 3.82. The summed E-state index contributed by atoms with van der Waals surface area (Å²) in [6, 6.07) is 3.89. The van der Waals surface area contributed by atoms with E-state index in [-0.39, 0.29) is 0 Å².